The molecule has 0 aromatic heterocycles. The van der Waals surface area contributed by atoms with Crippen LogP contribution < -0.4 is 5.32 Å². The van der Waals surface area contributed by atoms with Gasteiger partial charge < -0.3 is 15.0 Å². The Morgan fingerprint density at radius 1 is 1.22 bits per heavy atom. The number of nitrogens with one attached hydrogen (secondary N) is 1. The van der Waals surface area contributed by atoms with E-state index in [0.717, 1.165) is 13.1 Å². The SMILES string of the molecule is CCN(CC)C(CNC(=O)N1CCOCC1)c1ccc(C)cc1. The van der Waals surface area contributed by atoms with Gasteiger partial charge in [0, 0.05) is 19.6 Å². The minimum absolute atomic E-state index is 0.0116. The van der Waals surface area contributed by atoms with Crippen molar-refractivity contribution in [2.24, 2.45) is 0 Å². The zero-order chi connectivity index (χ0) is 16.7. The van der Waals surface area contributed by atoms with Crippen molar-refractivity contribution in [2.75, 3.05) is 45.9 Å². The quantitative estimate of drug-likeness (QED) is 0.876. The summed E-state index contributed by atoms with van der Waals surface area (Å²) in [6, 6.07) is 8.82. The van der Waals surface area contributed by atoms with Gasteiger partial charge in [-0.1, -0.05) is 43.7 Å². The second-order valence-corrected chi connectivity index (χ2v) is 5.93. The lowest BCUT2D eigenvalue weighted by Gasteiger charge is -2.32. The molecule has 1 aromatic carbocycles. The van der Waals surface area contributed by atoms with Gasteiger partial charge in [0.15, 0.2) is 0 Å². The molecule has 1 aromatic rings. The molecule has 23 heavy (non-hydrogen) atoms. The predicted octanol–water partition coefficient (Wildman–Crippen LogP) is 2.42. The molecule has 0 saturated carbocycles. The first-order chi connectivity index (χ1) is 11.2. The van der Waals surface area contributed by atoms with Crippen LogP contribution in [0.25, 0.3) is 0 Å². The van der Waals surface area contributed by atoms with E-state index in [2.05, 4.69) is 55.3 Å². The highest BCUT2D eigenvalue weighted by molar-refractivity contribution is 5.74. The molecule has 0 bridgehead atoms. The van der Waals surface area contributed by atoms with Crippen LogP contribution in [0.5, 0.6) is 0 Å². The van der Waals surface area contributed by atoms with Gasteiger partial charge in [-0.15, -0.1) is 0 Å². The van der Waals surface area contributed by atoms with Crippen LogP contribution in [-0.4, -0.2) is 61.8 Å². The van der Waals surface area contributed by atoms with Gasteiger partial charge in [0.25, 0.3) is 0 Å². The Balaban J connectivity index is 2.02. The standard InChI is InChI=1S/C18H29N3O2/c1-4-20(5-2)17(16-8-6-15(3)7-9-16)14-19-18(22)21-10-12-23-13-11-21/h6-9,17H,4-5,10-14H2,1-3H3,(H,19,22). The molecule has 1 N–H and O–H groups in total. The van der Waals surface area contributed by atoms with Gasteiger partial charge in [-0.2, -0.15) is 0 Å². The van der Waals surface area contributed by atoms with Crippen LogP contribution in [0.4, 0.5) is 4.79 Å². The van der Waals surface area contributed by atoms with Crippen LogP contribution in [-0.2, 0) is 4.74 Å². The van der Waals surface area contributed by atoms with Gasteiger partial charge >= 0.3 is 6.03 Å². The second kappa shape index (κ2) is 8.89. The van der Waals surface area contributed by atoms with E-state index in [0.29, 0.717) is 32.8 Å². The van der Waals surface area contributed by atoms with E-state index in [1.807, 2.05) is 4.90 Å². The summed E-state index contributed by atoms with van der Waals surface area (Å²) < 4.78 is 5.30. The number of amides is 2. The van der Waals surface area contributed by atoms with Crippen molar-refractivity contribution in [1.29, 1.82) is 0 Å². The normalized spacial score (nSPS) is 16.4. The highest BCUT2D eigenvalue weighted by Gasteiger charge is 2.21. The molecule has 1 aliphatic heterocycles. The monoisotopic (exact) mass is 319 g/mol. The van der Waals surface area contributed by atoms with Gasteiger partial charge in [-0.05, 0) is 25.6 Å². The van der Waals surface area contributed by atoms with Crippen LogP contribution in [0.3, 0.4) is 0 Å². The lowest BCUT2D eigenvalue weighted by atomic mass is 10.0. The van der Waals surface area contributed by atoms with Crippen LogP contribution in [0.1, 0.15) is 31.0 Å². The summed E-state index contributed by atoms with van der Waals surface area (Å²) >= 11 is 0. The Hall–Kier alpha value is -1.59. The molecular formula is C18H29N3O2. The number of nitrogens with zero attached hydrogens (tertiary/aromatic N) is 2. The topological polar surface area (TPSA) is 44.8 Å². The maximum absolute atomic E-state index is 12.3. The molecule has 1 atom stereocenters. The average Bonchev–Trinajstić information content (AvgIpc) is 2.60. The number of carbonyl (C=O) groups is 1. The van der Waals surface area contributed by atoms with Crippen LogP contribution in [0, 0.1) is 6.92 Å². The molecule has 5 heteroatoms. The summed E-state index contributed by atoms with van der Waals surface area (Å²) in [5.41, 5.74) is 2.51. The van der Waals surface area contributed by atoms with Gasteiger partial charge in [0.05, 0.1) is 19.3 Å². The summed E-state index contributed by atoms with van der Waals surface area (Å²) in [7, 11) is 0. The fraction of sp³-hybridized carbons (Fsp3) is 0.611. The molecule has 1 aliphatic rings. The molecule has 1 saturated heterocycles. The Labute approximate surface area is 139 Å². The van der Waals surface area contributed by atoms with E-state index in [4.69, 9.17) is 4.74 Å². The number of rotatable bonds is 6. The van der Waals surface area contributed by atoms with Crippen molar-refractivity contribution >= 4 is 6.03 Å². The summed E-state index contributed by atoms with van der Waals surface area (Å²) in [5, 5.41) is 3.10. The molecular weight excluding hydrogens is 290 g/mol. The number of hydrogen-bond acceptors (Lipinski definition) is 3. The van der Waals surface area contributed by atoms with Crippen molar-refractivity contribution in [2.45, 2.75) is 26.8 Å². The molecule has 1 unspecified atom stereocenters. The maximum Gasteiger partial charge on any atom is 0.317 e. The molecule has 2 amide bonds. The number of benzene rings is 1. The van der Waals surface area contributed by atoms with E-state index in [9.17, 15) is 4.79 Å². The third-order valence-electron chi connectivity index (χ3n) is 4.46. The first-order valence-electron chi connectivity index (χ1n) is 8.56. The first kappa shape index (κ1) is 17.8. The largest absolute Gasteiger partial charge is 0.378 e. The molecule has 0 aliphatic carbocycles. The van der Waals surface area contributed by atoms with Gasteiger partial charge in [-0.3, -0.25) is 4.90 Å². The Morgan fingerprint density at radius 2 is 1.83 bits per heavy atom. The van der Waals surface area contributed by atoms with Gasteiger partial charge in [0.1, 0.15) is 0 Å². The Kier molecular flexibility index (Phi) is 6.86. The van der Waals surface area contributed by atoms with E-state index in [-0.39, 0.29) is 12.1 Å². The summed E-state index contributed by atoms with van der Waals surface area (Å²) in [5.74, 6) is 0. The van der Waals surface area contributed by atoms with E-state index < -0.39 is 0 Å². The second-order valence-electron chi connectivity index (χ2n) is 5.93. The van der Waals surface area contributed by atoms with Crippen molar-refractivity contribution in [3.63, 3.8) is 0 Å². The lowest BCUT2D eigenvalue weighted by molar-refractivity contribution is 0.0526. The van der Waals surface area contributed by atoms with E-state index in [1.54, 1.807) is 0 Å². The number of carbonyl (C=O) groups excluding carboxylic acids is 1. The highest BCUT2D eigenvalue weighted by Crippen LogP contribution is 2.20. The van der Waals surface area contributed by atoms with Gasteiger partial charge in [0.2, 0.25) is 0 Å². The zero-order valence-electron chi connectivity index (χ0n) is 14.5. The van der Waals surface area contributed by atoms with Crippen molar-refractivity contribution < 1.29 is 9.53 Å². The Morgan fingerprint density at radius 3 is 2.39 bits per heavy atom. The minimum Gasteiger partial charge on any atom is -0.378 e. The first-order valence-corrected chi connectivity index (χ1v) is 8.56. The fourth-order valence-electron chi connectivity index (χ4n) is 2.97. The van der Waals surface area contributed by atoms with Crippen LogP contribution in [0.15, 0.2) is 24.3 Å². The number of hydrogen-bond donors (Lipinski definition) is 1. The average molecular weight is 319 g/mol. The smallest absolute Gasteiger partial charge is 0.317 e. The lowest BCUT2D eigenvalue weighted by Crippen LogP contribution is -2.48. The number of aryl methyl sites for hydroxylation is 1. The third kappa shape index (κ3) is 4.94. The number of likely N-dealkylation sites (N-methyl/N-ethyl adjacent to an activating group) is 1. The molecule has 5 nitrogen and oxygen atoms in total. The summed E-state index contributed by atoms with van der Waals surface area (Å²) in [6.07, 6.45) is 0. The maximum atomic E-state index is 12.3. The van der Waals surface area contributed by atoms with E-state index in [1.165, 1.54) is 11.1 Å². The molecule has 1 fully saturated rings. The van der Waals surface area contributed by atoms with Crippen molar-refractivity contribution in [3.05, 3.63) is 35.4 Å². The molecule has 0 radical (unpaired) electrons. The van der Waals surface area contributed by atoms with Gasteiger partial charge in [-0.25, -0.2) is 4.79 Å². The fourth-order valence-corrected chi connectivity index (χ4v) is 2.97. The molecule has 128 valence electrons. The number of ether oxygens (including phenoxy) is 1. The highest BCUT2D eigenvalue weighted by atomic mass is 16.5. The van der Waals surface area contributed by atoms with Crippen LogP contribution >= 0.6 is 0 Å². The van der Waals surface area contributed by atoms with Crippen molar-refractivity contribution in [3.8, 4) is 0 Å². The molecule has 1 heterocycles. The minimum atomic E-state index is 0.0116. The number of morpholine rings is 1. The van der Waals surface area contributed by atoms with Crippen LogP contribution in [0.2, 0.25) is 0 Å². The summed E-state index contributed by atoms with van der Waals surface area (Å²) in [6.45, 7) is 11.6. The molecule has 0 spiro atoms. The van der Waals surface area contributed by atoms with Crippen molar-refractivity contribution in [1.82, 2.24) is 15.1 Å². The summed E-state index contributed by atoms with van der Waals surface area (Å²) in [4.78, 5) is 16.5. The zero-order valence-corrected chi connectivity index (χ0v) is 14.5. The third-order valence-corrected chi connectivity index (χ3v) is 4.46. The number of urea groups is 1. The predicted molar refractivity (Wildman–Crippen MR) is 92.6 cm³/mol. The Bertz CT molecular complexity index is 480. The molecule has 2 rings (SSSR count). The van der Waals surface area contributed by atoms with E-state index >= 15 is 0 Å².